The van der Waals surface area contributed by atoms with E-state index < -0.39 is 0 Å². The van der Waals surface area contributed by atoms with Gasteiger partial charge < -0.3 is 19.5 Å². The maximum Gasteiger partial charge on any atom is 0.250 e. The Morgan fingerprint density at radius 2 is 2.10 bits per heavy atom. The fraction of sp³-hybridized carbons (Fsp3) is 0.667. The molecule has 0 saturated carbocycles. The van der Waals surface area contributed by atoms with Gasteiger partial charge in [-0.05, 0) is 25.5 Å². The zero-order valence-electron chi connectivity index (χ0n) is 12.5. The largest absolute Gasteiger partial charge is 0.383 e. The van der Waals surface area contributed by atoms with E-state index in [2.05, 4.69) is 17.1 Å². The Kier molecular flexibility index (Phi) is 5.61. The molecule has 1 aromatic heterocycles. The molecule has 2 heterocycles. The van der Waals surface area contributed by atoms with Crippen LogP contribution < -0.4 is 10.9 Å². The average Bonchev–Trinajstić information content (AvgIpc) is 2.48. The van der Waals surface area contributed by atoms with Crippen molar-refractivity contribution in [3.63, 3.8) is 0 Å². The second-order valence-corrected chi connectivity index (χ2v) is 5.30. The minimum atomic E-state index is 0.0217. The quantitative estimate of drug-likeness (QED) is 0.855. The highest BCUT2D eigenvalue weighted by Gasteiger charge is 2.17. The number of pyridine rings is 1. The summed E-state index contributed by atoms with van der Waals surface area (Å²) in [6, 6.07) is 4.00. The molecule has 1 aliphatic rings. The highest BCUT2D eigenvalue weighted by molar-refractivity contribution is 5.41. The van der Waals surface area contributed by atoms with E-state index in [-0.39, 0.29) is 5.56 Å². The summed E-state index contributed by atoms with van der Waals surface area (Å²) in [5.41, 5.74) is 1.05. The first-order chi connectivity index (χ1) is 9.72. The molecule has 0 amide bonds. The Morgan fingerprint density at radius 3 is 2.75 bits per heavy atom. The van der Waals surface area contributed by atoms with Crippen LogP contribution in [0.15, 0.2) is 23.1 Å². The fourth-order valence-electron chi connectivity index (χ4n) is 2.61. The lowest BCUT2D eigenvalue weighted by Gasteiger charge is -2.32. The summed E-state index contributed by atoms with van der Waals surface area (Å²) in [4.78, 5) is 14.2. The van der Waals surface area contributed by atoms with Gasteiger partial charge in [0.25, 0.3) is 5.56 Å². The second kappa shape index (κ2) is 7.45. The molecular formula is C15H25N3O2. The van der Waals surface area contributed by atoms with Crippen LogP contribution in [0.3, 0.4) is 0 Å². The van der Waals surface area contributed by atoms with Gasteiger partial charge in [-0.1, -0.05) is 6.92 Å². The van der Waals surface area contributed by atoms with E-state index in [9.17, 15) is 4.79 Å². The van der Waals surface area contributed by atoms with E-state index in [1.165, 1.54) is 0 Å². The molecule has 1 saturated heterocycles. The molecule has 5 heteroatoms. The Hall–Kier alpha value is -1.33. The van der Waals surface area contributed by atoms with Gasteiger partial charge in [-0.3, -0.25) is 4.79 Å². The van der Waals surface area contributed by atoms with Crippen LogP contribution in [0.4, 0.5) is 5.69 Å². The third kappa shape index (κ3) is 4.08. The van der Waals surface area contributed by atoms with Gasteiger partial charge in [-0.15, -0.1) is 0 Å². The summed E-state index contributed by atoms with van der Waals surface area (Å²) < 4.78 is 6.73. The number of aromatic nitrogens is 1. The molecule has 1 aliphatic heterocycles. The molecule has 2 rings (SSSR count). The normalized spacial score (nSPS) is 17.3. The van der Waals surface area contributed by atoms with E-state index in [1.54, 1.807) is 17.7 Å². The van der Waals surface area contributed by atoms with Crippen LogP contribution in [0.2, 0.25) is 0 Å². The molecule has 1 N–H and O–H groups in total. The Bertz CT molecular complexity index is 464. The van der Waals surface area contributed by atoms with Gasteiger partial charge in [0.15, 0.2) is 0 Å². The monoisotopic (exact) mass is 279 g/mol. The summed E-state index contributed by atoms with van der Waals surface area (Å²) in [5, 5.41) is 3.54. The second-order valence-electron chi connectivity index (χ2n) is 5.30. The summed E-state index contributed by atoms with van der Waals surface area (Å²) >= 11 is 0. The molecule has 20 heavy (non-hydrogen) atoms. The highest BCUT2D eigenvalue weighted by Crippen LogP contribution is 2.15. The first-order valence-electron chi connectivity index (χ1n) is 7.41. The van der Waals surface area contributed by atoms with Crippen molar-refractivity contribution in [3.05, 3.63) is 28.7 Å². The van der Waals surface area contributed by atoms with Crippen LogP contribution in [-0.2, 0) is 11.3 Å². The zero-order chi connectivity index (χ0) is 14.4. The Morgan fingerprint density at radius 1 is 1.35 bits per heavy atom. The van der Waals surface area contributed by atoms with Crippen LogP contribution in [0, 0.1) is 0 Å². The van der Waals surface area contributed by atoms with Gasteiger partial charge in [-0.2, -0.15) is 0 Å². The lowest BCUT2D eigenvalue weighted by Crippen LogP contribution is -2.39. The number of likely N-dealkylation sites (tertiary alicyclic amines) is 1. The third-order valence-corrected chi connectivity index (χ3v) is 3.93. The van der Waals surface area contributed by atoms with Crippen molar-refractivity contribution < 1.29 is 4.74 Å². The van der Waals surface area contributed by atoms with Gasteiger partial charge >= 0.3 is 0 Å². The smallest absolute Gasteiger partial charge is 0.250 e. The van der Waals surface area contributed by atoms with Gasteiger partial charge in [0.05, 0.1) is 12.3 Å². The molecule has 0 spiro atoms. The predicted molar refractivity (Wildman–Crippen MR) is 81.3 cm³/mol. The van der Waals surface area contributed by atoms with Crippen LogP contribution in [0.1, 0.15) is 19.8 Å². The van der Waals surface area contributed by atoms with Crippen LogP contribution in [0.25, 0.3) is 0 Å². The maximum absolute atomic E-state index is 11.7. The first-order valence-corrected chi connectivity index (χ1v) is 7.41. The molecule has 5 nitrogen and oxygen atoms in total. The Labute approximate surface area is 120 Å². The molecule has 0 radical (unpaired) electrons. The van der Waals surface area contributed by atoms with Gasteiger partial charge in [0.2, 0.25) is 0 Å². The highest BCUT2D eigenvalue weighted by atomic mass is 16.5. The average molecular weight is 279 g/mol. The maximum atomic E-state index is 11.7. The van der Waals surface area contributed by atoms with Gasteiger partial charge in [-0.25, -0.2) is 0 Å². The SMILES string of the molecule is CCN1CCC(Nc2ccc(=O)n(CCOC)c2)CC1. The number of methoxy groups -OCH3 is 1. The van der Waals surface area contributed by atoms with E-state index in [4.69, 9.17) is 4.74 Å². The molecule has 112 valence electrons. The lowest BCUT2D eigenvalue weighted by molar-refractivity contribution is 0.186. The van der Waals surface area contributed by atoms with Gasteiger partial charge in [0, 0.05) is 45.0 Å². The molecule has 1 fully saturated rings. The number of nitrogens with zero attached hydrogens (tertiary/aromatic N) is 2. The topological polar surface area (TPSA) is 46.5 Å². The number of anilines is 1. The number of piperidine rings is 1. The minimum absolute atomic E-state index is 0.0217. The molecule has 1 aromatic rings. The number of rotatable bonds is 6. The van der Waals surface area contributed by atoms with Gasteiger partial charge in [0.1, 0.15) is 0 Å². The number of hydrogen-bond acceptors (Lipinski definition) is 4. The van der Waals surface area contributed by atoms with Crippen molar-refractivity contribution in [2.75, 3.05) is 38.7 Å². The summed E-state index contributed by atoms with van der Waals surface area (Å²) in [5.74, 6) is 0. The standard InChI is InChI=1S/C15H25N3O2/c1-3-17-8-6-13(7-9-17)16-14-4-5-15(19)18(12-14)10-11-20-2/h4-5,12-13,16H,3,6-11H2,1-2H3. The van der Waals surface area contributed by atoms with Crippen LogP contribution in [-0.4, -0.2) is 48.9 Å². The van der Waals surface area contributed by atoms with Crippen molar-refractivity contribution in [1.29, 1.82) is 0 Å². The number of ether oxygens (including phenoxy) is 1. The van der Waals surface area contributed by atoms with Crippen molar-refractivity contribution in [2.24, 2.45) is 0 Å². The molecule has 0 aliphatic carbocycles. The lowest BCUT2D eigenvalue weighted by atomic mass is 10.0. The molecule has 0 aromatic carbocycles. The molecule has 0 unspecified atom stereocenters. The van der Waals surface area contributed by atoms with Crippen molar-refractivity contribution >= 4 is 5.69 Å². The van der Waals surface area contributed by atoms with E-state index in [1.807, 2.05) is 12.3 Å². The minimum Gasteiger partial charge on any atom is -0.383 e. The molecular weight excluding hydrogens is 254 g/mol. The first kappa shape index (κ1) is 15.1. The van der Waals surface area contributed by atoms with Crippen molar-refractivity contribution in [2.45, 2.75) is 32.4 Å². The summed E-state index contributed by atoms with van der Waals surface area (Å²) in [7, 11) is 1.65. The summed E-state index contributed by atoms with van der Waals surface area (Å²) in [6.45, 7) is 6.79. The fourth-order valence-corrected chi connectivity index (χ4v) is 2.61. The van der Waals surface area contributed by atoms with Crippen molar-refractivity contribution in [3.8, 4) is 0 Å². The van der Waals surface area contributed by atoms with Crippen LogP contribution in [0.5, 0.6) is 0 Å². The third-order valence-electron chi connectivity index (χ3n) is 3.93. The van der Waals surface area contributed by atoms with E-state index in [0.717, 1.165) is 38.2 Å². The van der Waals surface area contributed by atoms with E-state index in [0.29, 0.717) is 19.2 Å². The van der Waals surface area contributed by atoms with Crippen LogP contribution >= 0.6 is 0 Å². The summed E-state index contributed by atoms with van der Waals surface area (Å²) in [6.07, 6.45) is 4.21. The van der Waals surface area contributed by atoms with E-state index >= 15 is 0 Å². The number of nitrogens with one attached hydrogen (secondary N) is 1. The Balaban J connectivity index is 1.94. The predicted octanol–water partition coefficient (Wildman–Crippen LogP) is 1.39. The zero-order valence-corrected chi connectivity index (χ0v) is 12.5. The number of hydrogen-bond donors (Lipinski definition) is 1. The molecule has 0 atom stereocenters. The molecule has 0 bridgehead atoms. The van der Waals surface area contributed by atoms with Crippen molar-refractivity contribution in [1.82, 2.24) is 9.47 Å².